The fourth-order valence-electron chi connectivity index (χ4n) is 3.04. The molecular weight excluding hydrogens is 381 g/mol. The normalized spacial score (nSPS) is 17.4. The van der Waals surface area contributed by atoms with Crippen LogP contribution in [0.25, 0.3) is 16.8 Å². The first kappa shape index (κ1) is 17.8. The number of rotatable bonds is 2. The highest BCUT2D eigenvalue weighted by molar-refractivity contribution is 7.91. The van der Waals surface area contributed by atoms with Crippen LogP contribution in [0.1, 0.15) is 5.56 Å². The lowest BCUT2D eigenvalue weighted by Crippen LogP contribution is -2.40. The Kier molecular flexibility index (Phi) is 4.10. The van der Waals surface area contributed by atoms with Crippen molar-refractivity contribution in [1.29, 1.82) is 0 Å². The maximum Gasteiger partial charge on any atom is 0.416 e. The lowest BCUT2D eigenvalue weighted by molar-refractivity contribution is -0.137. The van der Waals surface area contributed by atoms with E-state index >= 15 is 0 Å². The van der Waals surface area contributed by atoms with Crippen molar-refractivity contribution in [1.82, 2.24) is 14.6 Å². The number of anilines is 1. The van der Waals surface area contributed by atoms with Gasteiger partial charge in [-0.05, 0) is 23.8 Å². The van der Waals surface area contributed by atoms with Crippen LogP contribution in [0.4, 0.5) is 19.0 Å². The Bertz CT molecular complexity index is 1090. The molecule has 0 atom stereocenters. The SMILES string of the molecule is O=S1(=O)CCN(c2ccn3ncc(-c4cccc(C(F)(F)F)c4)c3n2)CC1. The fraction of sp³-hybridized carbons (Fsp3) is 0.294. The predicted octanol–water partition coefficient (Wildman–Crippen LogP) is 2.65. The molecule has 1 fully saturated rings. The molecule has 4 rings (SSSR count). The largest absolute Gasteiger partial charge is 0.416 e. The third-order valence-electron chi connectivity index (χ3n) is 4.52. The van der Waals surface area contributed by atoms with Crippen molar-refractivity contribution in [2.45, 2.75) is 6.18 Å². The van der Waals surface area contributed by atoms with Gasteiger partial charge >= 0.3 is 6.18 Å². The zero-order chi connectivity index (χ0) is 19.2. The van der Waals surface area contributed by atoms with Crippen molar-refractivity contribution in [2.75, 3.05) is 29.5 Å². The van der Waals surface area contributed by atoms with Crippen LogP contribution in [-0.2, 0) is 16.0 Å². The lowest BCUT2D eigenvalue weighted by atomic mass is 10.1. The van der Waals surface area contributed by atoms with Crippen LogP contribution >= 0.6 is 0 Å². The Balaban J connectivity index is 1.73. The molecule has 0 saturated carbocycles. The summed E-state index contributed by atoms with van der Waals surface area (Å²) < 4.78 is 63.7. The van der Waals surface area contributed by atoms with Crippen LogP contribution in [0, 0.1) is 0 Å². The number of halogens is 3. The Labute approximate surface area is 153 Å². The smallest absolute Gasteiger partial charge is 0.354 e. The van der Waals surface area contributed by atoms with E-state index in [-0.39, 0.29) is 11.5 Å². The van der Waals surface area contributed by atoms with Crippen LogP contribution < -0.4 is 4.90 Å². The molecule has 0 spiro atoms. The van der Waals surface area contributed by atoms with Gasteiger partial charge in [0.25, 0.3) is 0 Å². The summed E-state index contributed by atoms with van der Waals surface area (Å²) in [5, 5.41) is 4.15. The van der Waals surface area contributed by atoms with Crippen LogP contribution in [-0.4, -0.2) is 47.6 Å². The van der Waals surface area contributed by atoms with E-state index in [9.17, 15) is 21.6 Å². The van der Waals surface area contributed by atoms with E-state index in [2.05, 4.69) is 10.1 Å². The second-order valence-electron chi connectivity index (χ2n) is 6.33. The minimum absolute atomic E-state index is 0.0552. The summed E-state index contributed by atoms with van der Waals surface area (Å²) in [4.78, 5) is 6.38. The van der Waals surface area contributed by atoms with E-state index in [1.54, 1.807) is 18.3 Å². The maximum absolute atomic E-state index is 13.0. The van der Waals surface area contributed by atoms with Crippen molar-refractivity contribution in [3.05, 3.63) is 48.3 Å². The molecule has 3 aromatic rings. The molecule has 0 radical (unpaired) electrons. The number of aromatic nitrogens is 3. The summed E-state index contributed by atoms with van der Waals surface area (Å²) in [5.74, 6) is 0.685. The van der Waals surface area contributed by atoms with Crippen LogP contribution in [0.3, 0.4) is 0 Å². The van der Waals surface area contributed by atoms with Gasteiger partial charge in [0.05, 0.1) is 23.3 Å². The third-order valence-corrected chi connectivity index (χ3v) is 6.13. The van der Waals surface area contributed by atoms with Gasteiger partial charge in [0.15, 0.2) is 15.5 Å². The van der Waals surface area contributed by atoms with Crippen molar-refractivity contribution in [2.24, 2.45) is 0 Å². The second-order valence-corrected chi connectivity index (χ2v) is 8.63. The van der Waals surface area contributed by atoms with E-state index < -0.39 is 21.6 Å². The number of fused-ring (bicyclic) bond motifs is 1. The topological polar surface area (TPSA) is 67.6 Å². The number of nitrogens with zero attached hydrogens (tertiary/aromatic N) is 4. The molecule has 0 aliphatic carbocycles. The van der Waals surface area contributed by atoms with E-state index in [4.69, 9.17) is 0 Å². The lowest BCUT2D eigenvalue weighted by Gasteiger charge is -2.27. The molecule has 0 unspecified atom stereocenters. The highest BCUT2D eigenvalue weighted by atomic mass is 32.2. The standard InChI is InChI=1S/C17H15F3N4O2S/c18-17(19,20)13-3-1-2-12(10-13)14-11-21-24-5-4-15(22-16(14)24)23-6-8-27(25,26)9-7-23/h1-5,10-11H,6-9H2. The quantitative estimate of drug-likeness (QED) is 0.666. The molecule has 142 valence electrons. The van der Waals surface area contributed by atoms with E-state index in [0.29, 0.717) is 35.7 Å². The Morgan fingerprint density at radius 3 is 2.52 bits per heavy atom. The van der Waals surface area contributed by atoms with E-state index in [1.807, 2.05) is 4.90 Å². The van der Waals surface area contributed by atoms with Gasteiger partial charge in [0.1, 0.15) is 5.82 Å². The molecule has 27 heavy (non-hydrogen) atoms. The number of benzene rings is 1. The first-order valence-electron chi connectivity index (χ1n) is 8.20. The molecule has 3 heterocycles. The zero-order valence-corrected chi connectivity index (χ0v) is 14.8. The van der Waals surface area contributed by atoms with Crippen LogP contribution in [0.5, 0.6) is 0 Å². The highest BCUT2D eigenvalue weighted by Crippen LogP contribution is 2.33. The molecular formula is C17H15F3N4O2S. The molecule has 1 aromatic carbocycles. The van der Waals surface area contributed by atoms with E-state index in [1.165, 1.54) is 16.8 Å². The van der Waals surface area contributed by atoms with Gasteiger partial charge in [-0.2, -0.15) is 18.3 Å². The summed E-state index contributed by atoms with van der Waals surface area (Å²) in [5.41, 5.74) is 0.523. The average Bonchev–Trinajstić information content (AvgIpc) is 3.04. The molecule has 6 nitrogen and oxygen atoms in total. The highest BCUT2D eigenvalue weighted by Gasteiger charge is 2.30. The molecule has 0 amide bonds. The maximum atomic E-state index is 13.0. The fourth-order valence-corrected chi connectivity index (χ4v) is 4.24. The molecule has 0 bridgehead atoms. The summed E-state index contributed by atoms with van der Waals surface area (Å²) in [6, 6.07) is 6.73. The van der Waals surface area contributed by atoms with Crippen molar-refractivity contribution < 1.29 is 21.6 Å². The Morgan fingerprint density at radius 2 is 1.81 bits per heavy atom. The number of sulfone groups is 1. The number of hydrogen-bond acceptors (Lipinski definition) is 5. The predicted molar refractivity (Wildman–Crippen MR) is 94.3 cm³/mol. The first-order valence-corrected chi connectivity index (χ1v) is 10.0. The molecule has 2 aromatic heterocycles. The van der Waals surface area contributed by atoms with Crippen molar-refractivity contribution >= 4 is 21.3 Å². The van der Waals surface area contributed by atoms with Gasteiger partial charge in [-0.3, -0.25) is 0 Å². The summed E-state index contributed by atoms with van der Waals surface area (Å²) in [7, 11) is -3.02. The summed E-state index contributed by atoms with van der Waals surface area (Å²) >= 11 is 0. The van der Waals surface area contributed by atoms with Crippen molar-refractivity contribution in [3.63, 3.8) is 0 Å². The minimum Gasteiger partial charge on any atom is -0.354 e. The Morgan fingerprint density at radius 1 is 1.07 bits per heavy atom. The monoisotopic (exact) mass is 396 g/mol. The molecule has 0 N–H and O–H groups in total. The van der Waals surface area contributed by atoms with Gasteiger partial charge in [0, 0.05) is 24.8 Å². The zero-order valence-electron chi connectivity index (χ0n) is 14.0. The molecule has 10 heteroatoms. The van der Waals surface area contributed by atoms with Crippen LogP contribution in [0.15, 0.2) is 42.7 Å². The first-order chi connectivity index (χ1) is 12.7. The average molecular weight is 396 g/mol. The van der Waals surface area contributed by atoms with Gasteiger partial charge < -0.3 is 4.90 Å². The molecule has 1 saturated heterocycles. The summed E-state index contributed by atoms with van der Waals surface area (Å²) in [6.45, 7) is 0.664. The molecule has 1 aliphatic rings. The van der Waals surface area contributed by atoms with Crippen molar-refractivity contribution in [3.8, 4) is 11.1 Å². The third kappa shape index (κ3) is 3.48. The van der Waals surface area contributed by atoms with Crippen LogP contribution in [0.2, 0.25) is 0 Å². The van der Waals surface area contributed by atoms with Gasteiger partial charge in [0.2, 0.25) is 0 Å². The Hall–Kier alpha value is -2.62. The van der Waals surface area contributed by atoms with Gasteiger partial charge in [-0.15, -0.1) is 0 Å². The number of alkyl halides is 3. The minimum atomic E-state index is -4.43. The summed E-state index contributed by atoms with van der Waals surface area (Å²) in [6.07, 6.45) is -1.29. The number of hydrogen-bond donors (Lipinski definition) is 0. The molecule has 1 aliphatic heterocycles. The van der Waals surface area contributed by atoms with Gasteiger partial charge in [-0.25, -0.2) is 17.9 Å². The second kappa shape index (κ2) is 6.22. The van der Waals surface area contributed by atoms with Gasteiger partial charge in [-0.1, -0.05) is 12.1 Å². The van der Waals surface area contributed by atoms with E-state index in [0.717, 1.165) is 12.1 Å².